The number of aromatic nitrogens is 4. The highest BCUT2D eigenvalue weighted by molar-refractivity contribution is 5.90. The summed E-state index contributed by atoms with van der Waals surface area (Å²) in [5.41, 5.74) is 4.83. The van der Waals surface area contributed by atoms with Crippen molar-refractivity contribution in [1.82, 2.24) is 24.9 Å². The Morgan fingerprint density at radius 1 is 1.07 bits per heavy atom. The highest BCUT2D eigenvalue weighted by atomic mass is 16.6. The van der Waals surface area contributed by atoms with E-state index in [0.717, 1.165) is 39.0 Å². The molecule has 1 aliphatic carbocycles. The van der Waals surface area contributed by atoms with Crippen LogP contribution < -0.4 is 5.32 Å². The van der Waals surface area contributed by atoms with Gasteiger partial charge in [-0.25, -0.2) is 14.8 Å². The minimum absolute atomic E-state index is 0.368. The molecule has 42 heavy (non-hydrogen) atoms. The maximum absolute atomic E-state index is 12.8. The second-order valence-electron chi connectivity index (χ2n) is 12.4. The van der Waals surface area contributed by atoms with Gasteiger partial charge in [-0.05, 0) is 63.9 Å². The number of nitriles is 1. The van der Waals surface area contributed by atoms with Gasteiger partial charge in [-0.1, -0.05) is 36.4 Å². The van der Waals surface area contributed by atoms with Crippen LogP contribution >= 0.6 is 0 Å². The first-order valence-corrected chi connectivity index (χ1v) is 13.9. The molecule has 1 saturated carbocycles. The van der Waals surface area contributed by atoms with Gasteiger partial charge in [-0.2, -0.15) is 14.9 Å². The van der Waals surface area contributed by atoms with Crippen molar-refractivity contribution in [3.63, 3.8) is 0 Å². The Morgan fingerprint density at radius 2 is 1.74 bits per heavy atom. The molecule has 0 spiro atoms. The van der Waals surface area contributed by atoms with Crippen LogP contribution in [0.4, 0.5) is 4.79 Å². The van der Waals surface area contributed by atoms with E-state index >= 15 is 0 Å². The molecule has 3 aromatic heterocycles. The van der Waals surface area contributed by atoms with Gasteiger partial charge in [0, 0.05) is 41.6 Å². The Morgan fingerprint density at radius 3 is 2.36 bits per heavy atom. The number of alkyl carbamates (subject to hydrolysis) is 1. The molecule has 0 unspecified atom stereocenters. The lowest BCUT2D eigenvalue weighted by Crippen LogP contribution is -2.62. The van der Waals surface area contributed by atoms with Crippen molar-refractivity contribution in [2.75, 3.05) is 0 Å². The Bertz CT molecular complexity index is 1870. The van der Waals surface area contributed by atoms with Gasteiger partial charge in [0.1, 0.15) is 5.60 Å². The van der Waals surface area contributed by atoms with Crippen LogP contribution in [0.15, 0.2) is 66.9 Å². The Balaban J connectivity index is 1.45. The van der Waals surface area contributed by atoms with Crippen molar-refractivity contribution in [3.8, 4) is 28.5 Å². The normalized spacial score (nSPS) is 20.2. The standard InChI is InChI=1S/C33H32N6O3/c1-20-14-27-35-17-24-15-26(22-8-6-21(16-34)7-9-22)28(36-29(24)39(27)38-20)23-10-12-25(13-11-23)33(18-32(5,41)19-33)37-30(40)42-31(2,3)4/h6-15,17,41H,18-19H2,1-5H3,(H,37,40)/t32-,33-. The SMILES string of the molecule is Cc1cc2ncc3cc(-c4ccc(C#N)cc4)c(-c4ccc([C@]5(NC(=O)OC(C)(C)C)C[C@](C)(O)C5)cc4)nc3n2n1. The number of hydrogen-bond donors (Lipinski definition) is 2. The van der Waals surface area contributed by atoms with E-state index in [1.54, 1.807) is 29.8 Å². The van der Waals surface area contributed by atoms with E-state index in [-0.39, 0.29) is 0 Å². The molecule has 3 heterocycles. The van der Waals surface area contributed by atoms with Crippen LogP contribution in [0.3, 0.4) is 0 Å². The maximum Gasteiger partial charge on any atom is 0.408 e. The summed E-state index contributed by atoms with van der Waals surface area (Å²) < 4.78 is 7.29. The third-order valence-electron chi connectivity index (χ3n) is 7.52. The largest absolute Gasteiger partial charge is 0.444 e. The number of nitrogens with one attached hydrogen (secondary N) is 1. The molecule has 212 valence electrons. The lowest BCUT2D eigenvalue weighted by Gasteiger charge is -2.52. The number of amides is 1. The predicted octanol–water partition coefficient (Wildman–Crippen LogP) is 6.06. The van der Waals surface area contributed by atoms with Gasteiger partial charge in [0.2, 0.25) is 0 Å². The summed E-state index contributed by atoms with van der Waals surface area (Å²) in [6.45, 7) is 9.15. The zero-order valence-corrected chi connectivity index (χ0v) is 24.3. The molecular weight excluding hydrogens is 528 g/mol. The highest BCUT2D eigenvalue weighted by Gasteiger charge is 2.53. The maximum atomic E-state index is 12.8. The first-order chi connectivity index (χ1) is 19.8. The fourth-order valence-corrected chi connectivity index (χ4v) is 5.88. The molecule has 0 atom stereocenters. The minimum atomic E-state index is -0.891. The summed E-state index contributed by atoms with van der Waals surface area (Å²) in [4.78, 5) is 22.4. The number of hydrogen-bond acceptors (Lipinski definition) is 7. The molecule has 2 N–H and O–H groups in total. The summed E-state index contributed by atoms with van der Waals surface area (Å²) in [6.07, 6.45) is 2.02. The zero-order chi connectivity index (χ0) is 29.9. The summed E-state index contributed by atoms with van der Waals surface area (Å²) in [6, 6.07) is 21.4. The first kappa shape index (κ1) is 27.4. The molecule has 2 aromatic carbocycles. The van der Waals surface area contributed by atoms with Crippen LogP contribution in [0.2, 0.25) is 0 Å². The smallest absolute Gasteiger partial charge is 0.408 e. The van der Waals surface area contributed by atoms with E-state index < -0.39 is 22.8 Å². The fraction of sp³-hybridized carbons (Fsp3) is 0.303. The Hall–Kier alpha value is -4.81. The van der Waals surface area contributed by atoms with Crippen LogP contribution in [-0.4, -0.2) is 42.0 Å². The Labute approximate surface area is 243 Å². The molecule has 1 amide bonds. The van der Waals surface area contributed by atoms with Gasteiger partial charge in [0.15, 0.2) is 11.3 Å². The van der Waals surface area contributed by atoms with E-state index in [1.807, 2.05) is 76.2 Å². The second kappa shape index (κ2) is 9.64. The van der Waals surface area contributed by atoms with Crippen LogP contribution in [0, 0.1) is 18.3 Å². The van der Waals surface area contributed by atoms with E-state index in [0.29, 0.717) is 29.7 Å². The molecule has 0 bridgehead atoms. The predicted molar refractivity (Wildman–Crippen MR) is 160 cm³/mol. The average molecular weight is 561 g/mol. The number of carbonyl (C=O) groups is 1. The molecule has 0 radical (unpaired) electrons. The number of ether oxygens (including phenoxy) is 1. The minimum Gasteiger partial charge on any atom is -0.444 e. The number of aliphatic hydroxyl groups is 1. The van der Waals surface area contributed by atoms with Crippen LogP contribution in [0.25, 0.3) is 39.1 Å². The number of nitrogens with zero attached hydrogens (tertiary/aromatic N) is 5. The molecule has 5 aromatic rings. The van der Waals surface area contributed by atoms with Crippen molar-refractivity contribution >= 4 is 22.8 Å². The first-order valence-electron chi connectivity index (χ1n) is 13.9. The van der Waals surface area contributed by atoms with Gasteiger partial charge < -0.3 is 15.2 Å². The third-order valence-corrected chi connectivity index (χ3v) is 7.52. The van der Waals surface area contributed by atoms with E-state index in [1.165, 1.54) is 0 Å². The molecule has 1 fully saturated rings. The van der Waals surface area contributed by atoms with Crippen molar-refractivity contribution in [2.45, 2.75) is 64.2 Å². The summed E-state index contributed by atoms with van der Waals surface area (Å²) in [7, 11) is 0. The number of aryl methyl sites for hydroxylation is 1. The van der Waals surface area contributed by atoms with E-state index in [4.69, 9.17) is 9.72 Å². The lowest BCUT2D eigenvalue weighted by molar-refractivity contribution is -0.0892. The van der Waals surface area contributed by atoms with Gasteiger partial charge in [-0.15, -0.1) is 0 Å². The van der Waals surface area contributed by atoms with Gasteiger partial charge in [0.25, 0.3) is 0 Å². The molecule has 9 nitrogen and oxygen atoms in total. The summed E-state index contributed by atoms with van der Waals surface area (Å²) in [5.74, 6) is 0. The van der Waals surface area contributed by atoms with Gasteiger partial charge in [-0.3, -0.25) is 0 Å². The lowest BCUT2D eigenvalue weighted by atomic mass is 9.62. The van der Waals surface area contributed by atoms with Crippen LogP contribution in [0.1, 0.15) is 57.4 Å². The topological polar surface area (TPSA) is 125 Å². The second-order valence-corrected chi connectivity index (χ2v) is 12.4. The number of carbonyl (C=O) groups excluding carboxylic acids is 1. The number of fused-ring (bicyclic) bond motifs is 3. The average Bonchev–Trinajstić information content (AvgIpc) is 3.31. The van der Waals surface area contributed by atoms with Gasteiger partial charge in [0.05, 0.1) is 34.2 Å². The number of benzene rings is 2. The van der Waals surface area contributed by atoms with Gasteiger partial charge >= 0.3 is 6.09 Å². The monoisotopic (exact) mass is 560 g/mol. The quantitative estimate of drug-likeness (QED) is 0.274. The molecule has 0 aliphatic heterocycles. The van der Waals surface area contributed by atoms with Crippen molar-refractivity contribution < 1.29 is 14.6 Å². The molecule has 6 rings (SSSR count). The summed E-state index contributed by atoms with van der Waals surface area (Å²) >= 11 is 0. The number of pyridine rings is 1. The third kappa shape index (κ3) is 5.06. The molecule has 0 saturated heterocycles. The number of rotatable bonds is 4. The van der Waals surface area contributed by atoms with Crippen molar-refractivity contribution in [3.05, 3.63) is 83.7 Å². The van der Waals surface area contributed by atoms with E-state index in [9.17, 15) is 15.2 Å². The highest BCUT2D eigenvalue weighted by Crippen LogP contribution is 2.48. The van der Waals surface area contributed by atoms with E-state index in [2.05, 4.69) is 21.5 Å². The molecule has 1 aliphatic rings. The van der Waals surface area contributed by atoms with Crippen molar-refractivity contribution in [1.29, 1.82) is 5.26 Å². The van der Waals surface area contributed by atoms with Crippen molar-refractivity contribution in [2.24, 2.45) is 0 Å². The fourth-order valence-electron chi connectivity index (χ4n) is 5.88. The Kier molecular flexibility index (Phi) is 6.28. The van der Waals surface area contributed by atoms with Crippen LogP contribution in [0.5, 0.6) is 0 Å². The van der Waals surface area contributed by atoms with Crippen LogP contribution in [-0.2, 0) is 10.3 Å². The molecule has 9 heteroatoms. The zero-order valence-electron chi connectivity index (χ0n) is 24.3. The summed E-state index contributed by atoms with van der Waals surface area (Å²) in [5, 5.41) is 28.4. The molecular formula is C33H32N6O3.